The van der Waals surface area contributed by atoms with Gasteiger partial charge in [-0.15, -0.1) is 10.2 Å². The zero-order valence-electron chi connectivity index (χ0n) is 22.8. The number of hydrogen-bond acceptors (Lipinski definition) is 9. The van der Waals surface area contributed by atoms with E-state index < -0.39 is 23.5 Å². The quantitative estimate of drug-likeness (QED) is 0.0950. The van der Waals surface area contributed by atoms with Gasteiger partial charge >= 0.3 is 0 Å². The molecule has 1 atom stereocenters. The van der Waals surface area contributed by atoms with Crippen molar-refractivity contribution in [1.29, 1.82) is 0 Å². The third-order valence-electron chi connectivity index (χ3n) is 6.75. The van der Waals surface area contributed by atoms with Gasteiger partial charge in [-0.05, 0) is 53.9 Å². The van der Waals surface area contributed by atoms with E-state index in [0.717, 1.165) is 11.1 Å². The summed E-state index contributed by atoms with van der Waals surface area (Å²) >= 11 is 8.92. The van der Waals surface area contributed by atoms with Crippen molar-refractivity contribution in [3.05, 3.63) is 136 Å². The summed E-state index contributed by atoms with van der Waals surface area (Å²) < 4.78 is 12.2. The number of hydrogen-bond donors (Lipinski definition) is 1. The van der Waals surface area contributed by atoms with Gasteiger partial charge in [0.1, 0.15) is 18.1 Å². The number of aliphatic hydroxyl groups is 1. The van der Waals surface area contributed by atoms with Crippen LogP contribution in [0.2, 0.25) is 5.02 Å². The highest BCUT2D eigenvalue weighted by Gasteiger charge is 2.46. The molecule has 0 saturated heterocycles. The van der Waals surface area contributed by atoms with Gasteiger partial charge in [0.25, 0.3) is 5.91 Å². The maximum Gasteiger partial charge on any atom is 0.296 e. The van der Waals surface area contributed by atoms with Crippen LogP contribution in [0.5, 0.6) is 5.75 Å². The number of aliphatic hydroxyl groups excluding tert-OH is 1. The van der Waals surface area contributed by atoms with E-state index in [-0.39, 0.29) is 16.5 Å². The van der Waals surface area contributed by atoms with Crippen molar-refractivity contribution in [2.45, 2.75) is 29.7 Å². The Bertz CT molecular complexity index is 1840. The number of aromatic nitrogens is 2. The average molecular weight is 630 g/mol. The van der Waals surface area contributed by atoms with Crippen molar-refractivity contribution in [2.75, 3.05) is 4.90 Å². The normalized spacial score (nSPS) is 14.9. The highest BCUT2D eigenvalue weighted by molar-refractivity contribution is 8.00. The Hall–Kier alpha value is -4.38. The molecule has 2 aromatic heterocycles. The summed E-state index contributed by atoms with van der Waals surface area (Å²) in [7, 11) is 0. The lowest BCUT2D eigenvalue weighted by atomic mass is 9.95. The minimum Gasteiger partial charge on any atom is -0.503 e. The zero-order valence-corrected chi connectivity index (χ0v) is 25.2. The highest BCUT2D eigenvalue weighted by Crippen LogP contribution is 2.44. The largest absolute Gasteiger partial charge is 0.503 e. The van der Waals surface area contributed by atoms with E-state index in [4.69, 9.17) is 20.8 Å². The maximum absolute atomic E-state index is 13.7. The molecule has 43 heavy (non-hydrogen) atoms. The number of thioether (sulfide) groups is 1. The summed E-state index contributed by atoms with van der Waals surface area (Å²) in [6.45, 7) is 2.05. The number of amides is 1. The minimum atomic E-state index is -1.000. The molecule has 8 nitrogen and oxygen atoms in total. The van der Waals surface area contributed by atoms with Crippen molar-refractivity contribution in [1.82, 2.24) is 10.2 Å². The number of halogens is 1. The van der Waals surface area contributed by atoms with Crippen LogP contribution >= 0.6 is 34.7 Å². The standard InChI is InChI=1S/C32H24ClN3O5S2/c1-19-14-15-25(41-19)28(37)26-27(21-11-7-12-23(16-21)40-17-20-8-3-2-4-9-20)36(30(39)29(26)38)31-34-35-32(43-31)42-18-22-10-5-6-13-24(22)33/h2-16,27,38H,17-18H2,1H3. The molecule has 0 saturated carbocycles. The molecular formula is C32H24ClN3O5S2. The van der Waals surface area contributed by atoms with Crippen molar-refractivity contribution in [2.24, 2.45) is 0 Å². The number of ether oxygens (including phenoxy) is 1. The number of ketones is 1. The van der Waals surface area contributed by atoms with Gasteiger partial charge < -0.3 is 14.3 Å². The second kappa shape index (κ2) is 12.5. The molecule has 6 rings (SSSR count). The fourth-order valence-corrected chi connectivity index (χ4v) is 6.82. The molecule has 3 aromatic carbocycles. The molecule has 0 radical (unpaired) electrons. The van der Waals surface area contributed by atoms with Crippen LogP contribution < -0.4 is 9.64 Å². The summed E-state index contributed by atoms with van der Waals surface area (Å²) in [6, 6.07) is 26.5. The van der Waals surface area contributed by atoms with Gasteiger partial charge in [-0.1, -0.05) is 95.4 Å². The molecule has 1 unspecified atom stereocenters. The predicted octanol–water partition coefficient (Wildman–Crippen LogP) is 7.75. The Morgan fingerprint density at radius 3 is 2.60 bits per heavy atom. The molecule has 0 spiro atoms. The van der Waals surface area contributed by atoms with Gasteiger partial charge in [-0.3, -0.25) is 14.5 Å². The summed E-state index contributed by atoms with van der Waals surface area (Å²) in [4.78, 5) is 28.6. The van der Waals surface area contributed by atoms with Gasteiger partial charge in [-0.25, -0.2) is 0 Å². The van der Waals surface area contributed by atoms with Crippen LogP contribution in [-0.2, 0) is 17.2 Å². The van der Waals surface area contributed by atoms with Crippen molar-refractivity contribution in [3.8, 4) is 5.75 Å². The van der Waals surface area contributed by atoms with Crippen molar-refractivity contribution < 1.29 is 23.8 Å². The number of rotatable bonds is 10. The van der Waals surface area contributed by atoms with Gasteiger partial charge in [0, 0.05) is 10.8 Å². The monoisotopic (exact) mass is 629 g/mol. The van der Waals surface area contributed by atoms with E-state index >= 15 is 0 Å². The molecule has 3 heterocycles. The summed E-state index contributed by atoms with van der Waals surface area (Å²) in [6.07, 6.45) is 0. The lowest BCUT2D eigenvalue weighted by Gasteiger charge is -2.24. The van der Waals surface area contributed by atoms with Gasteiger partial charge in [0.2, 0.25) is 10.9 Å². The Kier molecular flexibility index (Phi) is 8.33. The van der Waals surface area contributed by atoms with Crippen LogP contribution in [0.1, 0.15) is 39.0 Å². The van der Waals surface area contributed by atoms with Crippen molar-refractivity contribution in [3.63, 3.8) is 0 Å². The van der Waals surface area contributed by atoms with E-state index in [0.29, 0.717) is 38.8 Å². The Morgan fingerprint density at radius 2 is 1.84 bits per heavy atom. The molecule has 11 heteroatoms. The van der Waals surface area contributed by atoms with Crippen molar-refractivity contribution >= 4 is 51.5 Å². The van der Waals surface area contributed by atoms with Gasteiger partial charge in [-0.2, -0.15) is 0 Å². The molecule has 1 amide bonds. The molecule has 0 aliphatic carbocycles. The van der Waals surface area contributed by atoms with Crippen LogP contribution in [0.15, 0.2) is 111 Å². The summed E-state index contributed by atoms with van der Waals surface area (Å²) in [5.41, 5.74) is 2.37. The smallest absolute Gasteiger partial charge is 0.296 e. The zero-order chi connectivity index (χ0) is 29.9. The molecule has 1 aliphatic heterocycles. The number of carbonyl (C=O) groups excluding carboxylic acids is 2. The number of furan rings is 1. The number of carbonyl (C=O) groups is 2. The molecule has 1 N–H and O–H groups in total. The summed E-state index contributed by atoms with van der Waals surface area (Å²) in [5, 5.41) is 20.5. The third kappa shape index (κ3) is 6.08. The fourth-order valence-electron chi connectivity index (χ4n) is 4.67. The SMILES string of the molecule is Cc1ccc(C(=O)C2=C(O)C(=O)N(c3nnc(SCc4ccccc4Cl)s3)C2c2cccc(OCc3ccccc3)c2)o1. The second-order valence-corrected chi connectivity index (χ2v) is 12.2. The van der Waals surface area contributed by atoms with E-state index in [1.807, 2.05) is 54.6 Å². The molecule has 0 bridgehead atoms. The molecule has 216 valence electrons. The average Bonchev–Trinajstić information content (AvgIpc) is 3.74. The maximum atomic E-state index is 13.7. The first-order valence-corrected chi connectivity index (χ1v) is 15.4. The Labute approximate surface area is 260 Å². The highest BCUT2D eigenvalue weighted by atomic mass is 35.5. The number of anilines is 1. The number of benzene rings is 3. The fraction of sp³-hybridized carbons (Fsp3) is 0.125. The van der Waals surface area contributed by atoms with E-state index in [1.54, 1.807) is 37.3 Å². The van der Waals surface area contributed by atoms with E-state index in [1.165, 1.54) is 34.1 Å². The number of nitrogens with zero attached hydrogens (tertiary/aromatic N) is 3. The lowest BCUT2D eigenvalue weighted by Crippen LogP contribution is -2.31. The summed E-state index contributed by atoms with van der Waals surface area (Å²) in [5.74, 6) is -0.386. The third-order valence-corrected chi connectivity index (χ3v) is 9.22. The first kappa shape index (κ1) is 28.7. The van der Waals surface area contributed by atoms with Crippen LogP contribution in [0, 0.1) is 6.92 Å². The number of aryl methyl sites for hydroxylation is 1. The predicted molar refractivity (Wildman–Crippen MR) is 166 cm³/mol. The lowest BCUT2D eigenvalue weighted by molar-refractivity contribution is -0.117. The van der Waals surface area contributed by atoms with Crippen LogP contribution in [0.3, 0.4) is 0 Å². The first-order chi connectivity index (χ1) is 20.9. The van der Waals surface area contributed by atoms with Gasteiger partial charge in [0.05, 0.1) is 11.6 Å². The number of Topliss-reactive ketones (excluding diaryl/α,β-unsaturated/α-hetero) is 1. The van der Waals surface area contributed by atoms with E-state index in [2.05, 4.69) is 10.2 Å². The minimum absolute atomic E-state index is 0.0171. The second-order valence-electron chi connectivity index (χ2n) is 9.66. The van der Waals surface area contributed by atoms with Crippen LogP contribution in [0.4, 0.5) is 5.13 Å². The Morgan fingerprint density at radius 1 is 1.05 bits per heavy atom. The first-order valence-electron chi connectivity index (χ1n) is 13.2. The molecule has 1 aliphatic rings. The molecule has 5 aromatic rings. The molecular weight excluding hydrogens is 606 g/mol. The van der Waals surface area contributed by atoms with Gasteiger partial charge in [0.15, 0.2) is 15.9 Å². The topological polar surface area (TPSA) is 106 Å². The molecule has 0 fully saturated rings. The van der Waals surface area contributed by atoms with Crippen LogP contribution in [0.25, 0.3) is 0 Å². The Balaban J connectivity index is 1.34. The van der Waals surface area contributed by atoms with E-state index in [9.17, 15) is 14.7 Å². The van der Waals surface area contributed by atoms with Crippen LogP contribution in [-0.4, -0.2) is 27.0 Å².